The van der Waals surface area contributed by atoms with Gasteiger partial charge in [0.2, 0.25) is 0 Å². The van der Waals surface area contributed by atoms with Crippen molar-refractivity contribution < 1.29 is 5.11 Å². The molecule has 3 heteroatoms. The van der Waals surface area contributed by atoms with E-state index in [1.807, 2.05) is 0 Å². The molecule has 0 aromatic heterocycles. The maximum absolute atomic E-state index is 10.2. The summed E-state index contributed by atoms with van der Waals surface area (Å²) >= 11 is 0. The molecule has 4 rings (SSSR count). The summed E-state index contributed by atoms with van der Waals surface area (Å²) in [5.74, 6) is 4.45. The number of nitrogens with zero attached hydrogens (tertiary/aromatic N) is 1. The number of aliphatic hydroxyl groups is 1. The van der Waals surface area contributed by atoms with Crippen LogP contribution in [0.1, 0.15) is 78.6 Å². The van der Waals surface area contributed by atoms with Gasteiger partial charge in [-0.05, 0) is 119 Å². The Morgan fingerprint density at radius 3 is 2.43 bits per heavy atom. The van der Waals surface area contributed by atoms with E-state index in [0.29, 0.717) is 16.9 Å². The molecule has 3 nitrogen and oxygen atoms in total. The molecule has 4 aliphatic rings. The highest BCUT2D eigenvalue weighted by Crippen LogP contribution is 2.67. The van der Waals surface area contributed by atoms with Gasteiger partial charge in [-0.1, -0.05) is 13.8 Å². The summed E-state index contributed by atoms with van der Waals surface area (Å²) < 4.78 is 0. The summed E-state index contributed by atoms with van der Waals surface area (Å²) in [6.45, 7) is 9.98. The number of likely N-dealkylation sites (N-methyl/N-ethyl adjacent to an activating group) is 1. The fraction of sp³-hybridized carbons (Fsp3) is 1.00. The predicted octanol–water partition coefficient (Wildman–Crippen LogP) is 4.55. The zero-order chi connectivity index (χ0) is 20.1. The van der Waals surface area contributed by atoms with E-state index >= 15 is 0 Å². The molecule has 0 bridgehead atoms. The molecule has 9 atom stereocenters. The molecule has 0 saturated heterocycles. The Labute approximate surface area is 174 Å². The molecule has 0 radical (unpaired) electrons. The van der Waals surface area contributed by atoms with E-state index in [2.05, 4.69) is 45.1 Å². The molecule has 1 unspecified atom stereocenters. The average molecular weight is 391 g/mol. The quantitative estimate of drug-likeness (QED) is 0.723. The molecule has 4 aliphatic carbocycles. The number of rotatable bonds is 5. The lowest BCUT2D eigenvalue weighted by atomic mass is 9.44. The second-order valence-corrected chi connectivity index (χ2v) is 11.9. The zero-order valence-corrected chi connectivity index (χ0v) is 19.2. The molecule has 0 aromatic rings. The van der Waals surface area contributed by atoms with E-state index in [-0.39, 0.29) is 6.10 Å². The fourth-order valence-corrected chi connectivity index (χ4v) is 8.76. The molecule has 162 valence electrons. The standard InChI is InChI=1S/C25H46N2O/c1-17(26-14-15-27(4)5)21-8-9-22-20-7-6-18-16-19(28)10-12-24(18,2)23(20)11-13-25(21,22)3/h17-23,26,28H,6-16H2,1-5H3/t17-,18?,19-,20-,21+,22-,23-,24-,25+/m0/s1. The SMILES string of the molecule is C[C@H](NCCN(C)C)[C@H]1CC[C@H]2[C@@H]3CCC4C[C@@H](O)CC[C@]4(C)[C@H]3CC[C@]12C. The smallest absolute Gasteiger partial charge is 0.0543 e. The molecule has 0 aliphatic heterocycles. The van der Waals surface area contributed by atoms with Crippen LogP contribution in [0.2, 0.25) is 0 Å². The van der Waals surface area contributed by atoms with Gasteiger partial charge in [0.15, 0.2) is 0 Å². The van der Waals surface area contributed by atoms with E-state index in [4.69, 9.17) is 0 Å². The molecule has 0 heterocycles. The maximum atomic E-state index is 10.2. The van der Waals surface area contributed by atoms with Crippen molar-refractivity contribution in [2.24, 2.45) is 40.4 Å². The van der Waals surface area contributed by atoms with Crippen LogP contribution in [-0.4, -0.2) is 49.3 Å². The van der Waals surface area contributed by atoms with Crippen molar-refractivity contribution in [2.75, 3.05) is 27.2 Å². The van der Waals surface area contributed by atoms with Crippen molar-refractivity contribution in [2.45, 2.75) is 90.7 Å². The van der Waals surface area contributed by atoms with Crippen molar-refractivity contribution in [3.63, 3.8) is 0 Å². The Kier molecular flexibility index (Phi) is 5.92. The minimum Gasteiger partial charge on any atom is -0.393 e. The van der Waals surface area contributed by atoms with Crippen LogP contribution in [0.15, 0.2) is 0 Å². The highest BCUT2D eigenvalue weighted by atomic mass is 16.3. The second kappa shape index (κ2) is 7.85. The lowest BCUT2D eigenvalue weighted by Crippen LogP contribution is -2.55. The summed E-state index contributed by atoms with van der Waals surface area (Å²) in [5, 5.41) is 14.1. The van der Waals surface area contributed by atoms with Crippen LogP contribution < -0.4 is 5.32 Å². The van der Waals surface area contributed by atoms with E-state index in [1.54, 1.807) is 0 Å². The van der Waals surface area contributed by atoms with Crippen molar-refractivity contribution in [1.29, 1.82) is 0 Å². The first-order valence-electron chi connectivity index (χ1n) is 12.3. The van der Waals surface area contributed by atoms with E-state index in [0.717, 1.165) is 55.5 Å². The Morgan fingerprint density at radius 2 is 1.68 bits per heavy atom. The number of fused-ring (bicyclic) bond motifs is 5. The highest BCUT2D eigenvalue weighted by molar-refractivity contribution is 5.10. The van der Waals surface area contributed by atoms with Gasteiger partial charge in [0, 0.05) is 19.1 Å². The Balaban J connectivity index is 1.46. The number of aliphatic hydroxyl groups excluding tert-OH is 1. The maximum Gasteiger partial charge on any atom is 0.0543 e. The molecule has 0 aromatic carbocycles. The summed E-state index contributed by atoms with van der Waals surface area (Å²) in [5.41, 5.74) is 1.06. The topological polar surface area (TPSA) is 35.5 Å². The first-order valence-corrected chi connectivity index (χ1v) is 12.3. The van der Waals surface area contributed by atoms with Crippen LogP contribution in [0.4, 0.5) is 0 Å². The summed E-state index contributed by atoms with van der Waals surface area (Å²) in [4.78, 5) is 2.28. The fourth-order valence-electron chi connectivity index (χ4n) is 8.76. The average Bonchev–Trinajstić information content (AvgIpc) is 2.99. The molecular weight excluding hydrogens is 344 g/mol. The first kappa shape index (κ1) is 21.1. The highest BCUT2D eigenvalue weighted by Gasteiger charge is 2.60. The van der Waals surface area contributed by atoms with E-state index in [1.165, 1.54) is 44.9 Å². The van der Waals surface area contributed by atoms with Crippen LogP contribution in [-0.2, 0) is 0 Å². The van der Waals surface area contributed by atoms with Crippen molar-refractivity contribution in [3.8, 4) is 0 Å². The molecule has 0 amide bonds. The van der Waals surface area contributed by atoms with Crippen LogP contribution in [0.3, 0.4) is 0 Å². The van der Waals surface area contributed by atoms with Crippen LogP contribution >= 0.6 is 0 Å². The number of hydrogen-bond donors (Lipinski definition) is 2. The Hall–Kier alpha value is -0.120. The van der Waals surface area contributed by atoms with Gasteiger partial charge in [-0.3, -0.25) is 0 Å². The molecular formula is C25H46N2O. The molecule has 4 saturated carbocycles. The van der Waals surface area contributed by atoms with E-state index in [9.17, 15) is 5.11 Å². The van der Waals surface area contributed by atoms with Gasteiger partial charge in [0.1, 0.15) is 0 Å². The molecule has 28 heavy (non-hydrogen) atoms. The Bertz CT molecular complexity index is 551. The summed E-state index contributed by atoms with van der Waals surface area (Å²) in [6.07, 6.45) is 12.0. The first-order chi connectivity index (χ1) is 13.3. The van der Waals surface area contributed by atoms with Gasteiger partial charge in [-0.2, -0.15) is 0 Å². The predicted molar refractivity (Wildman–Crippen MR) is 117 cm³/mol. The van der Waals surface area contributed by atoms with E-state index < -0.39 is 0 Å². The largest absolute Gasteiger partial charge is 0.393 e. The molecule has 0 spiro atoms. The van der Waals surface area contributed by atoms with Crippen LogP contribution in [0.25, 0.3) is 0 Å². The van der Waals surface area contributed by atoms with Crippen molar-refractivity contribution in [1.82, 2.24) is 10.2 Å². The van der Waals surface area contributed by atoms with Crippen molar-refractivity contribution >= 4 is 0 Å². The third-order valence-corrected chi connectivity index (χ3v) is 10.3. The van der Waals surface area contributed by atoms with Gasteiger partial charge in [0.25, 0.3) is 0 Å². The number of nitrogens with one attached hydrogen (secondary N) is 1. The molecule has 2 N–H and O–H groups in total. The van der Waals surface area contributed by atoms with Gasteiger partial charge in [0.05, 0.1) is 6.10 Å². The van der Waals surface area contributed by atoms with Gasteiger partial charge in [-0.15, -0.1) is 0 Å². The minimum atomic E-state index is -0.0200. The molecule has 4 fully saturated rings. The Morgan fingerprint density at radius 1 is 0.964 bits per heavy atom. The third kappa shape index (κ3) is 3.48. The van der Waals surface area contributed by atoms with Crippen LogP contribution in [0, 0.1) is 40.4 Å². The summed E-state index contributed by atoms with van der Waals surface area (Å²) in [7, 11) is 4.34. The third-order valence-electron chi connectivity index (χ3n) is 10.3. The zero-order valence-electron chi connectivity index (χ0n) is 19.2. The summed E-state index contributed by atoms with van der Waals surface area (Å²) in [6, 6.07) is 0.642. The monoisotopic (exact) mass is 390 g/mol. The normalized spacial score (nSPS) is 49.4. The van der Waals surface area contributed by atoms with Gasteiger partial charge in [-0.25, -0.2) is 0 Å². The van der Waals surface area contributed by atoms with Gasteiger partial charge >= 0.3 is 0 Å². The minimum absolute atomic E-state index is 0.0200. The second-order valence-electron chi connectivity index (χ2n) is 11.9. The number of hydrogen-bond acceptors (Lipinski definition) is 3. The van der Waals surface area contributed by atoms with Gasteiger partial charge < -0.3 is 15.3 Å². The lowest BCUT2D eigenvalue weighted by molar-refractivity contribution is -0.127. The lowest BCUT2D eigenvalue weighted by Gasteiger charge is -2.61. The van der Waals surface area contributed by atoms with Crippen LogP contribution in [0.5, 0.6) is 0 Å². The van der Waals surface area contributed by atoms with Crippen molar-refractivity contribution in [3.05, 3.63) is 0 Å².